The second kappa shape index (κ2) is 34.4. The Morgan fingerprint density at radius 3 is 1.34 bits per heavy atom. The number of carboxylic acids is 1. The molecule has 0 spiro atoms. The van der Waals surface area contributed by atoms with Gasteiger partial charge in [-0.2, -0.15) is 0 Å². The molecule has 0 aliphatic heterocycles. The van der Waals surface area contributed by atoms with Gasteiger partial charge in [0.05, 0.1) is 52.8 Å². The average molecular weight is 1540 g/mol. The number of aromatic amines is 1. The highest BCUT2D eigenvalue weighted by molar-refractivity contribution is 7.90. The maximum Gasteiger partial charge on any atom is 0.339 e. The molecular weight excluding hydrogens is 1480 g/mol. The first-order valence-electron chi connectivity index (χ1n) is 30.4. The number of methoxy groups -OCH3 is 2. The number of benzene rings is 3. The molecule has 37 heteroatoms. The van der Waals surface area contributed by atoms with Crippen LogP contribution in [0.5, 0.6) is 11.5 Å². The smallest absolute Gasteiger partial charge is 0.339 e. The number of carbonyl (C=O) groups excluding carboxylic acids is 4. The van der Waals surface area contributed by atoms with Crippen molar-refractivity contribution < 1.29 is 47.0 Å². The first-order valence-corrected chi connectivity index (χ1v) is 33.7. The summed E-state index contributed by atoms with van der Waals surface area (Å²) < 4.78 is 39.7. The topological polar surface area (TPSA) is 425 Å². The van der Waals surface area contributed by atoms with Gasteiger partial charge in [-0.15, -0.1) is 51.0 Å². The van der Waals surface area contributed by atoms with E-state index in [2.05, 4.69) is 65.9 Å². The number of hydrogen-bond donors (Lipinski definition) is 5. The number of nitrogens with zero attached hydrogens (tertiary/aromatic N) is 17. The number of hydrogen-bond acceptors (Lipinski definition) is 24. The van der Waals surface area contributed by atoms with E-state index in [1.807, 2.05) is 61.7 Å². The molecule has 0 unspecified atom stereocenters. The number of carboxylic acid groups (broad SMARTS) is 1. The first-order chi connectivity index (χ1) is 49.8. The fourth-order valence-electron chi connectivity index (χ4n) is 9.49. The maximum absolute atomic E-state index is 13.7. The number of rotatable bonds is 13. The zero-order valence-electron chi connectivity index (χ0n) is 57.5. The summed E-state index contributed by atoms with van der Waals surface area (Å²) in [6, 6.07) is 32.6. The molecule has 12 aromatic rings. The molecule has 9 heterocycles. The summed E-state index contributed by atoms with van der Waals surface area (Å²) >= 11 is 27.5. The van der Waals surface area contributed by atoms with Crippen LogP contribution >= 0.6 is 58.0 Å². The van der Waals surface area contributed by atoms with Crippen molar-refractivity contribution in [1.82, 2.24) is 89.5 Å². The third-order valence-electron chi connectivity index (χ3n) is 14.8. The summed E-state index contributed by atoms with van der Waals surface area (Å²) in [5.41, 5.74) is 25.4. The minimum Gasteiger partial charge on any atom is -0.496 e. The van der Waals surface area contributed by atoms with Crippen LogP contribution in [-0.4, -0.2) is 203 Å². The number of pyridine rings is 2. The van der Waals surface area contributed by atoms with Crippen LogP contribution in [0.1, 0.15) is 57.4 Å². The fourth-order valence-corrected chi connectivity index (χ4v) is 11.6. The number of ether oxygens (including phenoxy) is 2. The van der Waals surface area contributed by atoms with Crippen molar-refractivity contribution in [3.8, 4) is 56.3 Å². The molecule has 0 fully saturated rings. The normalized spacial score (nSPS) is 10.7. The zero-order chi connectivity index (χ0) is 76.9. The average Bonchev–Trinajstić information content (AvgIpc) is 1.59. The summed E-state index contributed by atoms with van der Waals surface area (Å²) in [6.07, 6.45) is 6.63. The second-order valence-electron chi connectivity index (χ2n) is 22.8. The van der Waals surface area contributed by atoms with Crippen LogP contribution in [0, 0.1) is 6.92 Å². The minimum absolute atomic E-state index is 0.00630. The van der Waals surface area contributed by atoms with Crippen LogP contribution in [0.4, 0.5) is 17.5 Å². The van der Waals surface area contributed by atoms with E-state index in [1.165, 1.54) is 41.9 Å². The van der Waals surface area contributed by atoms with E-state index in [0.717, 1.165) is 45.1 Å². The van der Waals surface area contributed by atoms with Gasteiger partial charge in [-0.25, -0.2) is 27.2 Å². The lowest BCUT2D eigenvalue weighted by Crippen LogP contribution is -2.23. The Kier molecular flexibility index (Phi) is 25.9. The maximum atomic E-state index is 13.7. The number of para-hydroxylation sites is 2. The van der Waals surface area contributed by atoms with Gasteiger partial charge in [0.25, 0.3) is 33.7 Å². The second-order valence-corrected chi connectivity index (χ2v) is 26.5. The predicted molar refractivity (Wildman–Crippen MR) is 399 cm³/mol. The highest BCUT2D eigenvalue weighted by Crippen LogP contribution is 2.40. The number of aromatic nitrogens is 14. The van der Waals surface area contributed by atoms with Crippen LogP contribution in [0.15, 0.2) is 145 Å². The standard InChI is InChI=1S/C28H26N6O4S.C21H20N6O2.C7H7Cl2N3O.C7H9ClN4O.C5H2Cl2N2O2/c1-17-9-11-19(12-10-17)39(36,37)34-16-23(20-7-5-6-8-25(20)38-4)21-13-18(15-30-27(21)34)24-14-22(26(29)32-31-24)28(35)33(2)3;1-27(2)21(28)15-9-17(25-26-19(15)22)12-8-14-16(11-24-20(14)23-10-12)13-6-4-5-7-18(13)29-3;2*1-12(2)7(13)4-3-5(8)10-11-6(4)9;6-3-1-2(5(10)11)4(7)9-8-3/h5-16H,1-4H3,(H2,29,32);4-11H,1-3H3,(H2,22,26)(H,23,24);3H,1-2H3;3H,1-2H3,(H2,9,11);1H,(H,10,11). The van der Waals surface area contributed by atoms with Crippen molar-refractivity contribution in [2.75, 3.05) is 87.8 Å². The van der Waals surface area contributed by atoms with Gasteiger partial charge < -0.3 is 56.4 Å². The van der Waals surface area contributed by atoms with E-state index >= 15 is 0 Å². The van der Waals surface area contributed by atoms with Gasteiger partial charge in [-0.05, 0) is 73.7 Å². The van der Waals surface area contributed by atoms with Crippen LogP contribution in [0.3, 0.4) is 0 Å². The summed E-state index contributed by atoms with van der Waals surface area (Å²) in [5, 5.41) is 47.1. The molecular formula is C68H64Cl5N21O10S. The van der Waals surface area contributed by atoms with E-state index in [1.54, 1.807) is 132 Å². The molecule has 0 saturated heterocycles. The largest absolute Gasteiger partial charge is 0.496 e. The van der Waals surface area contributed by atoms with Crippen LogP contribution in [0.25, 0.3) is 66.8 Å². The van der Waals surface area contributed by atoms with Gasteiger partial charge >= 0.3 is 5.97 Å². The van der Waals surface area contributed by atoms with Crippen molar-refractivity contribution in [1.29, 1.82) is 0 Å². The van der Waals surface area contributed by atoms with Gasteiger partial charge in [0, 0.05) is 125 Å². The number of H-pyrrole nitrogens is 1. The number of amides is 4. The van der Waals surface area contributed by atoms with Crippen molar-refractivity contribution >= 4 is 137 Å². The third-order valence-corrected chi connectivity index (χ3v) is 17.5. The van der Waals surface area contributed by atoms with E-state index in [-0.39, 0.29) is 99.6 Å². The van der Waals surface area contributed by atoms with Crippen molar-refractivity contribution in [2.24, 2.45) is 0 Å². The van der Waals surface area contributed by atoms with Crippen LogP contribution in [0.2, 0.25) is 25.8 Å². The number of carbonyl (C=O) groups is 5. The number of nitrogens with one attached hydrogen (secondary N) is 1. The lowest BCUT2D eigenvalue weighted by Gasteiger charge is -2.12. The van der Waals surface area contributed by atoms with E-state index in [9.17, 15) is 32.4 Å². The number of fused-ring (bicyclic) bond motifs is 2. The highest BCUT2D eigenvalue weighted by Gasteiger charge is 2.27. The molecule has 12 rings (SSSR count). The molecule has 0 aliphatic carbocycles. The Labute approximate surface area is 624 Å². The molecule has 9 aromatic heterocycles. The number of nitrogens with two attached hydrogens (primary N) is 3. The SMILES string of the molecule is CN(C)C(=O)c1cc(Cl)nnc1Cl.CN(C)C(=O)c1cc(Cl)nnc1N.COc1ccccc1-c1c[nH]c2ncc(-c3cc(C(=O)N(C)C)c(N)nn3)cc12.COc1ccccc1-c1cn(S(=O)(=O)c2ccc(C)cc2)c2ncc(-c3cc(C(=O)N(C)C)c(N)nn3)cc12.O=C(O)c1cc(Cl)nnc1Cl. The van der Waals surface area contributed by atoms with Crippen molar-refractivity contribution in [3.63, 3.8) is 0 Å². The monoisotopic (exact) mass is 1540 g/mol. The molecule has 0 atom stereocenters. The molecule has 542 valence electrons. The molecule has 0 radical (unpaired) electrons. The Bertz CT molecular complexity index is 5310. The van der Waals surface area contributed by atoms with Gasteiger partial charge in [-0.3, -0.25) is 19.2 Å². The predicted octanol–water partition coefficient (Wildman–Crippen LogP) is 10.4. The molecule has 31 nitrogen and oxygen atoms in total. The van der Waals surface area contributed by atoms with Crippen LogP contribution in [-0.2, 0) is 10.0 Å². The number of nitrogen functional groups attached to an aromatic ring is 3. The number of halogens is 5. The first kappa shape index (κ1) is 78.9. The molecule has 0 aliphatic rings. The number of aryl methyl sites for hydroxylation is 1. The molecule has 0 bridgehead atoms. The summed E-state index contributed by atoms with van der Waals surface area (Å²) in [7, 11) is 12.3. The molecule has 3 aromatic carbocycles. The Balaban J connectivity index is 0.000000183. The Morgan fingerprint density at radius 2 is 0.876 bits per heavy atom. The lowest BCUT2D eigenvalue weighted by atomic mass is 10.0. The fraction of sp³-hybridized carbons (Fsp3) is 0.162. The zero-order valence-corrected chi connectivity index (χ0v) is 62.1. The Hall–Kier alpha value is -11.8. The summed E-state index contributed by atoms with van der Waals surface area (Å²) in [4.78, 5) is 76.2. The minimum atomic E-state index is -3.98. The van der Waals surface area contributed by atoms with Crippen LogP contribution < -0.4 is 26.7 Å². The third kappa shape index (κ3) is 18.7. The van der Waals surface area contributed by atoms with Gasteiger partial charge in [0.2, 0.25) is 0 Å². The van der Waals surface area contributed by atoms with E-state index in [0.29, 0.717) is 44.8 Å². The Morgan fingerprint density at radius 1 is 0.476 bits per heavy atom. The van der Waals surface area contributed by atoms with Gasteiger partial charge in [-0.1, -0.05) is 112 Å². The summed E-state index contributed by atoms with van der Waals surface area (Å²) in [6.45, 7) is 1.89. The highest BCUT2D eigenvalue weighted by atomic mass is 35.5. The van der Waals surface area contributed by atoms with Crippen molar-refractivity contribution in [2.45, 2.75) is 11.8 Å². The summed E-state index contributed by atoms with van der Waals surface area (Å²) in [5.74, 6) is -0.682. The van der Waals surface area contributed by atoms with Gasteiger partial charge in [0.1, 0.15) is 22.7 Å². The molecule has 105 heavy (non-hydrogen) atoms. The quantitative estimate of drug-likeness (QED) is 0.0716. The van der Waals surface area contributed by atoms with Gasteiger partial charge in [0.15, 0.2) is 48.9 Å². The molecule has 4 amide bonds. The lowest BCUT2D eigenvalue weighted by molar-refractivity contribution is 0.0694. The van der Waals surface area contributed by atoms with E-state index < -0.39 is 16.0 Å². The number of aromatic carboxylic acids is 1. The molecule has 0 saturated carbocycles. The number of anilines is 3. The van der Waals surface area contributed by atoms with E-state index in [4.69, 9.17) is 89.8 Å². The van der Waals surface area contributed by atoms with Crippen molar-refractivity contribution in [3.05, 3.63) is 199 Å². The molecule has 8 N–H and O–H groups in total.